The van der Waals surface area contributed by atoms with Crippen LogP contribution >= 0.6 is 0 Å². The van der Waals surface area contributed by atoms with Crippen LogP contribution in [-0.2, 0) is 19.5 Å². The van der Waals surface area contributed by atoms with Crippen LogP contribution in [0.2, 0.25) is 0 Å². The third kappa shape index (κ3) is 6.46. The van der Waals surface area contributed by atoms with Gasteiger partial charge in [0, 0.05) is 24.7 Å². The van der Waals surface area contributed by atoms with Crippen LogP contribution in [0.4, 0.5) is 5.69 Å². The lowest BCUT2D eigenvalue weighted by molar-refractivity contribution is -0.387. The van der Waals surface area contributed by atoms with Gasteiger partial charge in [0.25, 0.3) is 5.69 Å². The molecule has 2 rings (SSSR count). The number of nitro benzene ring substituents is 1. The number of pyridine rings is 1. The highest BCUT2D eigenvalue weighted by Crippen LogP contribution is 2.22. The maximum Gasteiger partial charge on any atom is 0.357 e. The molecule has 12 nitrogen and oxygen atoms in total. The summed E-state index contributed by atoms with van der Waals surface area (Å²) in [6.45, 7) is 2.93. The highest BCUT2D eigenvalue weighted by atomic mass is 32.2. The molecule has 1 aromatic carbocycles. The second kappa shape index (κ2) is 11.2. The summed E-state index contributed by atoms with van der Waals surface area (Å²) in [7, 11) is -4.18. The van der Waals surface area contributed by atoms with Crippen LogP contribution in [0.3, 0.4) is 0 Å². The Bertz CT molecular complexity index is 1070. The maximum atomic E-state index is 12.4. The van der Waals surface area contributed by atoms with E-state index in [-0.39, 0.29) is 43.5 Å². The molecule has 0 unspecified atom stereocenters. The zero-order chi connectivity index (χ0) is 23.7. The van der Waals surface area contributed by atoms with Crippen molar-refractivity contribution in [2.24, 2.45) is 0 Å². The van der Waals surface area contributed by atoms with Crippen molar-refractivity contribution < 1.29 is 37.1 Å². The fraction of sp³-hybridized carbons (Fsp3) is 0.316. The van der Waals surface area contributed by atoms with Gasteiger partial charge in [0.1, 0.15) is 12.4 Å². The van der Waals surface area contributed by atoms with E-state index in [9.17, 15) is 28.1 Å². The number of aromatic nitrogens is 1. The van der Waals surface area contributed by atoms with Crippen molar-refractivity contribution in [3.05, 3.63) is 57.9 Å². The van der Waals surface area contributed by atoms with Crippen molar-refractivity contribution in [2.75, 3.05) is 26.4 Å². The van der Waals surface area contributed by atoms with Gasteiger partial charge < -0.3 is 14.2 Å². The van der Waals surface area contributed by atoms with E-state index in [1.807, 2.05) is 0 Å². The number of hydrogen-bond acceptors (Lipinski definition) is 10. The largest absolute Gasteiger partial charge is 0.492 e. The lowest BCUT2D eigenvalue weighted by atomic mass is 10.2. The van der Waals surface area contributed by atoms with Crippen LogP contribution in [0.5, 0.6) is 5.75 Å². The Morgan fingerprint density at radius 3 is 2.16 bits per heavy atom. The normalized spacial score (nSPS) is 10.9. The van der Waals surface area contributed by atoms with Gasteiger partial charge in [0.2, 0.25) is 10.0 Å². The third-order valence-electron chi connectivity index (χ3n) is 3.78. The van der Waals surface area contributed by atoms with Gasteiger partial charge in [-0.1, -0.05) is 12.1 Å². The van der Waals surface area contributed by atoms with Gasteiger partial charge in [-0.05, 0) is 19.9 Å². The molecule has 1 N–H and O–H groups in total. The first-order chi connectivity index (χ1) is 15.2. The van der Waals surface area contributed by atoms with Crippen LogP contribution in [0.1, 0.15) is 34.8 Å². The van der Waals surface area contributed by atoms with Crippen molar-refractivity contribution in [1.29, 1.82) is 0 Å². The first-order valence-corrected chi connectivity index (χ1v) is 10.9. The quantitative estimate of drug-likeness (QED) is 0.222. The molecule has 0 radical (unpaired) electrons. The number of ether oxygens (including phenoxy) is 3. The number of nitro groups is 1. The Morgan fingerprint density at radius 2 is 1.62 bits per heavy atom. The minimum Gasteiger partial charge on any atom is -0.492 e. The Hall–Kier alpha value is -3.58. The summed E-state index contributed by atoms with van der Waals surface area (Å²) in [4.78, 5) is 37.7. The molecule has 0 saturated carbocycles. The van der Waals surface area contributed by atoms with Crippen LogP contribution in [0.15, 0.2) is 41.3 Å². The van der Waals surface area contributed by atoms with E-state index in [1.165, 1.54) is 24.3 Å². The van der Waals surface area contributed by atoms with Crippen molar-refractivity contribution >= 4 is 27.6 Å². The number of para-hydroxylation sites is 1. The summed E-state index contributed by atoms with van der Waals surface area (Å²) < 4.78 is 42.2. The fourth-order valence-electron chi connectivity index (χ4n) is 2.47. The topological polar surface area (TPSA) is 164 Å². The number of rotatable bonds is 11. The summed E-state index contributed by atoms with van der Waals surface area (Å²) in [5.74, 6) is -1.50. The number of esters is 2. The van der Waals surface area contributed by atoms with Crippen molar-refractivity contribution in [3.63, 3.8) is 0 Å². The molecule has 0 bridgehead atoms. The summed E-state index contributed by atoms with van der Waals surface area (Å²) in [6.07, 6.45) is 0. The van der Waals surface area contributed by atoms with Gasteiger partial charge in [-0.25, -0.2) is 27.7 Å². The highest BCUT2D eigenvalue weighted by Gasteiger charge is 2.24. The fourth-order valence-corrected chi connectivity index (χ4v) is 3.65. The molecule has 0 aliphatic rings. The molecule has 0 atom stereocenters. The molecule has 0 amide bonds. The van der Waals surface area contributed by atoms with Crippen molar-refractivity contribution in [1.82, 2.24) is 9.71 Å². The molecule has 172 valence electrons. The highest BCUT2D eigenvalue weighted by molar-refractivity contribution is 7.89. The average Bonchev–Trinajstić information content (AvgIpc) is 2.77. The van der Waals surface area contributed by atoms with Crippen LogP contribution < -0.4 is 9.46 Å². The summed E-state index contributed by atoms with van der Waals surface area (Å²) in [5, 5.41) is 11.1. The Kier molecular flexibility index (Phi) is 8.61. The minimum absolute atomic E-state index is 0.0518. The molecule has 0 saturated heterocycles. The van der Waals surface area contributed by atoms with Gasteiger partial charge >= 0.3 is 11.9 Å². The van der Waals surface area contributed by atoms with Gasteiger partial charge in [-0.15, -0.1) is 0 Å². The zero-order valence-electron chi connectivity index (χ0n) is 17.3. The van der Waals surface area contributed by atoms with Gasteiger partial charge in [-0.2, -0.15) is 0 Å². The van der Waals surface area contributed by atoms with E-state index >= 15 is 0 Å². The summed E-state index contributed by atoms with van der Waals surface area (Å²) >= 11 is 0. The predicted octanol–water partition coefficient (Wildman–Crippen LogP) is 1.70. The molecule has 2 aromatic rings. The molecule has 0 aliphatic heterocycles. The number of carbonyl (C=O) groups excluding carboxylic acids is 2. The summed E-state index contributed by atoms with van der Waals surface area (Å²) in [5.41, 5.74) is -0.936. The number of hydrogen-bond donors (Lipinski definition) is 1. The smallest absolute Gasteiger partial charge is 0.357 e. The molecule has 32 heavy (non-hydrogen) atoms. The van der Waals surface area contributed by atoms with E-state index in [0.29, 0.717) is 0 Å². The number of benzene rings is 1. The lowest BCUT2D eigenvalue weighted by Gasteiger charge is -2.11. The van der Waals surface area contributed by atoms with Crippen LogP contribution in [0.25, 0.3) is 0 Å². The van der Waals surface area contributed by atoms with Crippen LogP contribution in [0, 0.1) is 10.1 Å². The Morgan fingerprint density at radius 1 is 1.06 bits per heavy atom. The molecule has 1 heterocycles. The standard InChI is InChI=1S/C19H21N3O9S/c1-3-29-18(23)14-11-13(12-15(21-14)19(24)30-4-2)31-10-9-20-32(27,28)17-8-6-5-7-16(17)22(25)26/h5-8,11-12,20H,3-4,9-10H2,1-2H3. The molecule has 0 spiro atoms. The lowest BCUT2D eigenvalue weighted by Crippen LogP contribution is -2.29. The molecule has 13 heteroatoms. The minimum atomic E-state index is -4.18. The number of nitrogens with zero attached hydrogens (tertiary/aromatic N) is 2. The van der Waals surface area contributed by atoms with E-state index < -0.39 is 37.5 Å². The van der Waals surface area contributed by atoms with Gasteiger partial charge in [0.15, 0.2) is 16.3 Å². The number of nitrogens with one attached hydrogen (secondary N) is 1. The summed E-state index contributed by atoms with van der Waals surface area (Å²) in [6, 6.07) is 7.38. The van der Waals surface area contributed by atoms with Gasteiger partial charge in [0.05, 0.1) is 18.1 Å². The monoisotopic (exact) mass is 467 g/mol. The molecular formula is C19H21N3O9S. The van der Waals surface area contributed by atoms with Crippen LogP contribution in [-0.4, -0.2) is 56.6 Å². The molecule has 1 aromatic heterocycles. The number of sulfonamides is 1. The predicted molar refractivity (Wildman–Crippen MR) is 110 cm³/mol. The Labute approximate surface area is 183 Å². The second-order valence-electron chi connectivity index (χ2n) is 5.99. The van der Waals surface area contributed by atoms with E-state index in [2.05, 4.69) is 9.71 Å². The second-order valence-corrected chi connectivity index (χ2v) is 7.72. The maximum absolute atomic E-state index is 12.4. The third-order valence-corrected chi connectivity index (χ3v) is 5.29. The van der Waals surface area contributed by atoms with E-state index in [1.54, 1.807) is 13.8 Å². The van der Waals surface area contributed by atoms with Crippen molar-refractivity contribution in [3.8, 4) is 5.75 Å². The zero-order valence-corrected chi connectivity index (χ0v) is 18.1. The first-order valence-electron chi connectivity index (χ1n) is 9.41. The average molecular weight is 467 g/mol. The Balaban J connectivity index is 2.12. The molecule has 0 aliphatic carbocycles. The van der Waals surface area contributed by atoms with E-state index in [4.69, 9.17) is 14.2 Å². The molecular weight excluding hydrogens is 446 g/mol. The SMILES string of the molecule is CCOC(=O)c1cc(OCCNS(=O)(=O)c2ccccc2[N+](=O)[O-])cc(C(=O)OCC)n1. The van der Waals surface area contributed by atoms with Crippen molar-refractivity contribution in [2.45, 2.75) is 18.7 Å². The first kappa shape index (κ1) is 24.7. The van der Waals surface area contributed by atoms with E-state index in [0.717, 1.165) is 12.1 Å². The molecule has 0 fully saturated rings. The number of carbonyl (C=O) groups is 2. The van der Waals surface area contributed by atoms with Gasteiger partial charge in [-0.3, -0.25) is 10.1 Å².